The minimum absolute atomic E-state index is 0. The van der Waals surface area contributed by atoms with E-state index in [2.05, 4.69) is 28.8 Å². The van der Waals surface area contributed by atoms with Crippen LogP contribution in [0.5, 0.6) is 0 Å². The van der Waals surface area contributed by atoms with Gasteiger partial charge in [-0.1, -0.05) is 30.3 Å². The molecule has 1 aliphatic carbocycles. The molecule has 0 saturated carbocycles. The third-order valence-electron chi connectivity index (χ3n) is 6.26. The Morgan fingerprint density at radius 2 is 1.73 bits per heavy atom. The van der Waals surface area contributed by atoms with Gasteiger partial charge in [-0.15, -0.1) is 12.4 Å². The van der Waals surface area contributed by atoms with Crippen molar-refractivity contribution in [1.29, 1.82) is 5.26 Å². The van der Waals surface area contributed by atoms with E-state index in [1.807, 2.05) is 19.1 Å². The maximum absolute atomic E-state index is 13.3. The molecule has 2 N–H and O–H groups in total. The van der Waals surface area contributed by atoms with Crippen LogP contribution >= 0.6 is 12.4 Å². The third-order valence-corrected chi connectivity index (χ3v) is 6.26. The smallest absolute Gasteiger partial charge is 0.353 e. The number of hydrogen-bond acceptors (Lipinski definition) is 5. The molecule has 0 bridgehead atoms. The largest absolute Gasteiger partial charge is 0.401 e. The van der Waals surface area contributed by atoms with Gasteiger partial charge in [0, 0.05) is 31.9 Å². The number of aryl methyl sites for hydroxylation is 1. The zero-order chi connectivity index (χ0) is 26.3. The molecule has 0 radical (unpaired) electrons. The van der Waals surface area contributed by atoms with Crippen molar-refractivity contribution in [2.75, 3.05) is 44.7 Å². The zero-order valence-electron chi connectivity index (χ0n) is 20.8. The number of hydrogen-bond donors (Lipinski definition) is 2. The van der Waals surface area contributed by atoms with Gasteiger partial charge >= 0.3 is 6.18 Å². The van der Waals surface area contributed by atoms with Gasteiger partial charge in [-0.2, -0.15) is 18.4 Å². The highest BCUT2D eigenvalue weighted by molar-refractivity contribution is 5.87. The number of anilines is 1. The standard InChI is InChI=1S/C26H30F3N5O2.ClH/c1-18-7-8-19(14-30)11-23(18)34(15-24(35)32-10-9-31-17-26(27,28)29)16-25(36)33(2)22-12-20-5-3-4-6-21(20)13-22;/h3-8,11,22,31H,9-10,12-13,15-17H2,1-2H3,(H,32,35);1H. The van der Waals surface area contributed by atoms with E-state index in [1.54, 1.807) is 35.0 Å². The fourth-order valence-corrected chi connectivity index (χ4v) is 4.28. The van der Waals surface area contributed by atoms with Crippen molar-refractivity contribution in [3.63, 3.8) is 0 Å². The highest BCUT2D eigenvalue weighted by atomic mass is 35.5. The van der Waals surface area contributed by atoms with Gasteiger partial charge < -0.3 is 20.4 Å². The first-order chi connectivity index (χ1) is 17.1. The number of amides is 2. The van der Waals surface area contributed by atoms with Crippen LogP contribution in [-0.2, 0) is 22.4 Å². The molecule has 11 heteroatoms. The zero-order valence-corrected chi connectivity index (χ0v) is 21.6. The number of alkyl halides is 3. The van der Waals surface area contributed by atoms with Crippen molar-refractivity contribution in [3.8, 4) is 6.07 Å². The molecule has 37 heavy (non-hydrogen) atoms. The summed E-state index contributed by atoms with van der Waals surface area (Å²) in [7, 11) is 1.75. The number of nitriles is 1. The minimum Gasteiger partial charge on any atom is -0.353 e. The number of carbonyl (C=O) groups excluding carboxylic acids is 2. The van der Waals surface area contributed by atoms with E-state index in [-0.39, 0.29) is 50.5 Å². The number of nitrogens with zero attached hydrogens (tertiary/aromatic N) is 3. The second kappa shape index (κ2) is 13.3. The Kier molecular flexibility index (Phi) is 10.8. The Labute approximate surface area is 221 Å². The summed E-state index contributed by atoms with van der Waals surface area (Å²) in [6.45, 7) is 0.385. The molecular formula is C26H31ClF3N5O2. The lowest BCUT2D eigenvalue weighted by atomic mass is 10.1. The van der Waals surface area contributed by atoms with Gasteiger partial charge in [0.1, 0.15) is 0 Å². The van der Waals surface area contributed by atoms with E-state index in [1.165, 1.54) is 11.1 Å². The summed E-state index contributed by atoms with van der Waals surface area (Å²) in [4.78, 5) is 29.2. The lowest BCUT2D eigenvalue weighted by molar-refractivity contribution is -0.130. The van der Waals surface area contributed by atoms with Crippen LogP contribution in [0.25, 0.3) is 0 Å². The Morgan fingerprint density at radius 1 is 1.08 bits per heavy atom. The summed E-state index contributed by atoms with van der Waals surface area (Å²) in [6, 6.07) is 15.2. The molecule has 0 heterocycles. The topological polar surface area (TPSA) is 88.5 Å². The van der Waals surface area contributed by atoms with Crippen LogP contribution in [-0.4, -0.2) is 68.7 Å². The van der Waals surface area contributed by atoms with Gasteiger partial charge in [0.15, 0.2) is 0 Å². The van der Waals surface area contributed by atoms with Gasteiger partial charge in [0.2, 0.25) is 11.8 Å². The fraction of sp³-hybridized carbons (Fsp3) is 0.423. The Morgan fingerprint density at radius 3 is 2.32 bits per heavy atom. The molecule has 2 aromatic carbocycles. The third kappa shape index (κ3) is 8.65. The van der Waals surface area contributed by atoms with E-state index >= 15 is 0 Å². The molecule has 200 valence electrons. The predicted molar refractivity (Wildman–Crippen MR) is 138 cm³/mol. The predicted octanol–water partition coefficient (Wildman–Crippen LogP) is 2.99. The van der Waals surface area contributed by atoms with Crippen LogP contribution in [0.4, 0.5) is 18.9 Å². The van der Waals surface area contributed by atoms with Crippen LogP contribution in [0, 0.1) is 18.3 Å². The first-order valence-electron chi connectivity index (χ1n) is 11.7. The number of carbonyl (C=O) groups is 2. The molecular weight excluding hydrogens is 507 g/mol. The summed E-state index contributed by atoms with van der Waals surface area (Å²) in [5, 5.41) is 14.1. The van der Waals surface area contributed by atoms with Gasteiger partial charge in [0.25, 0.3) is 0 Å². The Balaban J connectivity index is 0.00000481. The van der Waals surface area contributed by atoms with Crippen LogP contribution < -0.4 is 15.5 Å². The monoisotopic (exact) mass is 537 g/mol. The maximum atomic E-state index is 13.3. The molecule has 7 nitrogen and oxygen atoms in total. The normalized spacial score (nSPS) is 12.8. The average Bonchev–Trinajstić information content (AvgIpc) is 3.27. The lowest BCUT2D eigenvalue weighted by Gasteiger charge is -2.30. The minimum atomic E-state index is -4.32. The van der Waals surface area contributed by atoms with Crippen molar-refractivity contribution in [2.24, 2.45) is 0 Å². The molecule has 2 amide bonds. The van der Waals surface area contributed by atoms with E-state index in [0.717, 1.165) is 18.4 Å². The van der Waals surface area contributed by atoms with Crippen molar-refractivity contribution < 1.29 is 22.8 Å². The number of likely N-dealkylation sites (N-methyl/N-ethyl adjacent to an activating group) is 1. The molecule has 3 rings (SSSR count). The number of rotatable bonds is 10. The van der Waals surface area contributed by atoms with Crippen LogP contribution in [0.3, 0.4) is 0 Å². The Bertz CT molecular complexity index is 1110. The molecule has 2 aromatic rings. The molecule has 0 unspecified atom stereocenters. The molecule has 1 aliphatic rings. The van der Waals surface area contributed by atoms with E-state index in [9.17, 15) is 28.0 Å². The summed E-state index contributed by atoms with van der Waals surface area (Å²) in [6.07, 6.45) is -2.81. The highest BCUT2D eigenvalue weighted by Gasteiger charge is 2.29. The second-order valence-corrected chi connectivity index (χ2v) is 8.95. The van der Waals surface area contributed by atoms with E-state index < -0.39 is 18.6 Å². The lowest BCUT2D eigenvalue weighted by Crippen LogP contribution is -2.47. The first kappa shape index (κ1) is 29.9. The molecule has 0 aliphatic heterocycles. The average molecular weight is 538 g/mol. The van der Waals surface area contributed by atoms with Crippen molar-refractivity contribution in [3.05, 3.63) is 64.7 Å². The van der Waals surface area contributed by atoms with Gasteiger partial charge in [-0.25, -0.2) is 0 Å². The van der Waals surface area contributed by atoms with Gasteiger partial charge in [-0.3, -0.25) is 9.59 Å². The van der Waals surface area contributed by atoms with Crippen LogP contribution in [0.1, 0.15) is 22.3 Å². The van der Waals surface area contributed by atoms with Crippen LogP contribution in [0.15, 0.2) is 42.5 Å². The number of benzene rings is 2. The van der Waals surface area contributed by atoms with Gasteiger partial charge in [-0.05, 0) is 48.6 Å². The summed E-state index contributed by atoms with van der Waals surface area (Å²) >= 11 is 0. The molecule has 0 atom stereocenters. The molecule has 0 fully saturated rings. The number of nitrogens with one attached hydrogen (secondary N) is 2. The molecule has 0 spiro atoms. The van der Waals surface area contributed by atoms with Crippen molar-refractivity contribution in [1.82, 2.24) is 15.5 Å². The number of fused-ring (bicyclic) bond motifs is 1. The highest BCUT2D eigenvalue weighted by Crippen LogP contribution is 2.26. The summed E-state index contributed by atoms with van der Waals surface area (Å²) in [5.74, 6) is -0.608. The van der Waals surface area contributed by atoms with E-state index in [0.29, 0.717) is 11.3 Å². The fourth-order valence-electron chi connectivity index (χ4n) is 4.28. The maximum Gasteiger partial charge on any atom is 0.401 e. The second-order valence-electron chi connectivity index (χ2n) is 8.95. The quantitative estimate of drug-likeness (QED) is 0.455. The van der Waals surface area contributed by atoms with Crippen molar-refractivity contribution >= 4 is 29.9 Å². The molecule has 0 aromatic heterocycles. The summed E-state index contributed by atoms with van der Waals surface area (Å²) < 4.78 is 36.8. The SMILES string of the molecule is Cc1ccc(C#N)cc1N(CC(=O)NCCNCC(F)(F)F)CC(=O)N(C)C1Cc2ccccc2C1.Cl. The molecule has 0 saturated heterocycles. The summed E-state index contributed by atoms with van der Waals surface area (Å²) in [5.41, 5.74) is 4.20. The van der Waals surface area contributed by atoms with Crippen molar-refractivity contribution in [2.45, 2.75) is 32.0 Å². The first-order valence-corrected chi connectivity index (χ1v) is 11.7. The van der Waals surface area contributed by atoms with E-state index in [4.69, 9.17) is 0 Å². The Hall–Kier alpha value is -3.29. The van der Waals surface area contributed by atoms with Crippen LogP contribution in [0.2, 0.25) is 0 Å². The van der Waals surface area contributed by atoms with Gasteiger partial charge in [0.05, 0.1) is 31.3 Å². The number of halogens is 4.